The van der Waals surface area contributed by atoms with Crippen LogP contribution >= 0.6 is 11.3 Å². The van der Waals surface area contributed by atoms with Crippen LogP contribution in [0.4, 0.5) is 0 Å². The van der Waals surface area contributed by atoms with Gasteiger partial charge in [-0.15, -0.1) is 6.58 Å². The number of nitrogens with zero attached hydrogens (tertiary/aromatic N) is 2. The molecule has 5 heteroatoms. The van der Waals surface area contributed by atoms with E-state index in [1.165, 1.54) is 11.3 Å². The Hall–Kier alpha value is -2.66. The van der Waals surface area contributed by atoms with Crippen LogP contribution in [0.15, 0.2) is 66.2 Å². The Labute approximate surface area is 144 Å². The van der Waals surface area contributed by atoms with Crippen molar-refractivity contribution in [3.63, 3.8) is 0 Å². The highest BCUT2D eigenvalue weighted by molar-refractivity contribution is 7.16. The number of hydrogen-bond acceptors (Lipinski definition) is 3. The van der Waals surface area contributed by atoms with Gasteiger partial charge in [-0.25, -0.2) is 0 Å². The van der Waals surface area contributed by atoms with Gasteiger partial charge in [0.1, 0.15) is 5.75 Å². The third-order valence-corrected chi connectivity index (χ3v) is 4.67. The molecule has 0 aliphatic carbocycles. The third kappa shape index (κ3) is 3.46. The first kappa shape index (κ1) is 16.2. The van der Waals surface area contributed by atoms with Crippen molar-refractivity contribution in [2.45, 2.75) is 13.0 Å². The second-order valence-electron chi connectivity index (χ2n) is 5.29. The number of para-hydroxylation sites is 1. The minimum absolute atomic E-state index is 0.173. The molecule has 2 aromatic carbocycles. The quantitative estimate of drug-likeness (QED) is 0.668. The summed E-state index contributed by atoms with van der Waals surface area (Å²) in [5.74, 6) is 0.566. The summed E-state index contributed by atoms with van der Waals surface area (Å²) in [6, 6.07) is 15.5. The lowest BCUT2D eigenvalue weighted by molar-refractivity contribution is -0.117. The average Bonchev–Trinajstić information content (AvgIpc) is 2.93. The van der Waals surface area contributed by atoms with Crippen molar-refractivity contribution in [1.82, 2.24) is 4.57 Å². The molecule has 0 aliphatic rings. The Balaban J connectivity index is 1.95. The van der Waals surface area contributed by atoms with Gasteiger partial charge in [0.2, 0.25) is 0 Å². The Bertz CT molecular complexity index is 953. The number of carbonyl (C=O) groups is 1. The lowest BCUT2D eigenvalue weighted by atomic mass is 10.1. The Morgan fingerprint density at radius 2 is 2.12 bits per heavy atom. The molecule has 0 saturated carbocycles. The fourth-order valence-electron chi connectivity index (χ4n) is 2.51. The first-order valence-electron chi connectivity index (χ1n) is 7.61. The topological polar surface area (TPSA) is 43.6 Å². The van der Waals surface area contributed by atoms with Gasteiger partial charge in [0.15, 0.2) is 4.80 Å². The minimum Gasteiger partial charge on any atom is -0.497 e. The molecule has 1 amide bonds. The Morgan fingerprint density at radius 1 is 1.29 bits per heavy atom. The van der Waals surface area contributed by atoms with Crippen molar-refractivity contribution in [3.05, 3.63) is 71.6 Å². The molecule has 0 aliphatic heterocycles. The van der Waals surface area contributed by atoms with Crippen LogP contribution in [0.3, 0.4) is 0 Å². The van der Waals surface area contributed by atoms with Gasteiger partial charge in [-0.1, -0.05) is 41.7 Å². The number of fused-ring (bicyclic) bond motifs is 1. The molecule has 1 heterocycles. The Morgan fingerprint density at radius 3 is 2.92 bits per heavy atom. The second kappa shape index (κ2) is 7.27. The standard InChI is InChI=1S/C19H18N2O2S/c1-3-11-21-16-9-4-5-10-17(16)24-19(21)20-18(22)13-14-7-6-8-15(12-14)23-2/h3-10,12H,1,11,13H2,2H3. The number of hydrogen-bond donors (Lipinski definition) is 0. The van der Waals surface area contributed by atoms with Gasteiger partial charge >= 0.3 is 0 Å². The molecule has 0 N–H and O–H groups in total. The van der Waals surface area contributed by atoms with Crippen molar-refractivity contribution >= 4 is 27.5 Å². The number of ether oxygens (including phenoxy) is 1. The van der Waals surface area contributed by atoms with Crippen LogP contribution < -0.4 is 9.54 Å². The van der Waals surface area contributed by atoms with E-state index in [-0.39, 0.29) is 12.3 Å². The van der Waals surface area contributed by atoms with Crippen LogP contribution in [0.2, 0.25) is 0 Å². The van der Waals surface area contributed by atoms with Crippen molar-refractivity contribution < 1.29 is 9.53 Å². The molecule has 0 spiro atoms. The van der Waals surface area contributed by atoms with Gasteiger partial charge in [-0.2, -0.15) is 4.99 Å². The molecule has 0 bridgehead atoms. The van der Waals surface area contributed by atoms with Gasteiger partial charge in [-0.05, 0) is 29.8 Å². The number of thiazole rings is 1. The molecule has 0 fully saturated rings. The molecule has 0 saturated heterocycles. The highest BCUT2D eigenvalue weighted by Gasteiger charge is 2.07. The molecule has 4 nitrogen and oxygen atoms in total. The summed E-state index contributed by atoms with van der Waals surface area (Å²) in [6.45, 7) is 4.41. The fourth-order valence-corrected chi connectivity index (χ4v) is 3.57. The highest BCUT2D eigenvalue weighted by atomic mass is 32.1. The van der Waals surface area contributed by atoms with Crippen molar-refractivity contribution in [2.24, 2.45) is 4.99 Å². The van der Waals surface area contributed by atoms with E-state index in [9.17, 15) is 4.79 Å². The molecule has 0 atom stereocenters. The van der Waals surface area contributed by atoms with Crippen molar-refractivity contribution in [3.8, 4) is 5.75 Å². The zero-order valence-corrected chi connectivity index (χ0v) is 14.3. The number of aromatic nitrogens is 1. The van der Waals surface area contributed by atoms with Gasteiger partial charge in [0.05, 0.1) is 23.7 Å². The maximum Gasteiger partial charge on any atom is 0.252 e. The molecular weight excluding hydrogens is 320 g/mol. The number of benzene rings is 2. The van der Waals surface area contributed by atoms with Gasteiger partial charge in [-0.3, -0.25) is 4.79 Å². The number of allylic oxidation sites excluding steroid dienone is 1. The molecule has 122 valence electrons. The number of carbonyl (C=O) groups excluding carboxylic acids is 1. The average molecular weight is 338 g/mol. The fraction of sp³-hybridized carbons (Fsp3) is 0.158. The summed E-state index contributed by atoms with van der Waals surface area (Å²) in [6.07, 6.45) is 2.06. The molecule has 0 unspecified atom stereocenters. The summed E-state index contributed by atoms with van der Waals surface area (Å²) < 4.78 is 8.30. The summed E-state index contributed by atoms with van der Waals surface area (Å²) in [4.78, 5) is 17.4. The normalized spacial score (nSPS) is 11.6. The molecular formula is C19H18N2O2S. The summed E-state index contributed by atoms with van der Waals surface area (Å²) in [7, 11) is 1.61. The molecule has 3 rings (SSSR count). The van der Waals surface area contributed by atoms with Crippen LogP contribution in [0.1, 0.15) is 5.56 Å². The van der Waals surface area contributed by atoms with E-state index in [1.807, 2.05) is 59.2 Å². The molecule has 1 aromatic heterocycles. The van der Waals surface area contributed by atoms with Crippen LogP contribution in [0.25, 0.3) is 10.2 Å². The second-order valence-corrected chi connectivity index (χ2v) is 6.29. The van der Waals surface area contributed by atoms with E-state index in [1.54, 1.807) is 7.11 Å². The first-order chi connectivity index (χ1) is 11.7. The van der Waals surface area contributed by atoms with Crippen molar-refractivity contribution in [2.75, 3.05) is 7.11 Å². The monoisotopic (exact) mass is 338 g/mol. The summed E-state index contributed by atoms with van der Waals surface area (Å²) >= 11 is 1.51. The maximum atomic E-state index is 12.4. The smallest absolute Gasteiger partial charge is 0.252 e. The number of amides is 1. The zero-order chi connectivity index (χ0) is 16.9. The van der Waals surface area contributed by atoms with E-state index in [4.69, 9.17) is 4.74 Å². The van der Waals surface area contributed by atoms with Gasteiger partial charge in [0.25, 0.3) is 5.91 Å². The van der Waals surface area contributed by atoms with Gasteiger partial charge in [0, 0.05) is 6.54 Å². The van der Waals surface area contributed by atoms with Crippen molar-refractivity contribution in [1.29, 1.82) is 0 Å². The van der Waals surface area contributed by atoms with E-state index in [2.05, 4.69) is 11.6 Å². The van der Waals surface area contributed by atoms with Crippen LogP contribution in [0, 0.1) is 0 Å². The number of rotatable bonds is 5. The lowest BCUT2D eigenvalue weighted by Crippen LogP contribution is -2.16. The van der Waals surface area contributed by atoms with Crippen LogP contribution in [-0.4, -0.2) is 17.6 Å². The maximum absolute atomic E-state index is 12.4. The van der Waals surface area contributed by atoms with E-state index < -0.39 is 0 Å². The SMILES string of the molecule is C=CCn1c(=NC(=O)Cc2cccc(OC)c2)sc2ccccc21. The zero-order valence-electron chi connectivity index (χ0n) is 13.4. The first-order valence-corrected chi connectivity index (χ1v) is 8.42. The predicted molar refractivity (Wildman–Crippen MR) is 97.3 cm³/mol. The van der Waals surface area contributed by atoms with E-state index in [0.717, 1.165) is 21.5 Å². The molecule has 3 aromatic rings. The largest absolute Gasteiger partial charge is 0.497 e. The van der Waals surface area contributed by atoms with E-state index >= 15 is 0 Å². The van der Waals surface area contributed by atoms with Crippen LogP contribution in [0.5, 0.6) is 5.75 Å². The lowest BCUT2D eigenvalue weighted by Gasteiger charge is -2.02. The predicted octanol–water partition coefficient (Wildman–Crippen LogP) is 3.57. The summed E-state index contributed by atoms with van der Waals surface area (Å²) in [5.41, 5.74) is 1.95. The molecule has 0 radical (unpaired) electrons. The highest BCUT2D eigenvalue weighted by Crippen LogP contribution is 2.17. The van der Waals surface area contributed by atoms with E-state index in [0.29, 0.717) is 11.3 Å². The minimum atomic E-state index is -0.173. The molecule has 24 heavy (non-hydrogen) atoms. The third-order valence-electron chi connectivity index (χ3n) is 3.61. The summed E-state index contributed by atoms with van der Waals surface area (Å²) in [5, 5.41) is 0. The number of methoxy groups -OCH3 is 1. The Kier molecular flexibility index (Phi) is 4.91. The van der Waals surface area contributed by atoms with Gasteiger partial charge < -0.3 is 9.30 Å². The van der Waals surface area contributed by atoms with Crippen LogP contribution in [-0.2, 0) is 17.8 Å².